The molecule has 162 valence electrons. The van der Waals surface area contributed by atoms with Gasteiger partial charge >= 0.3 is 5.69 Å². The zero-order valence-corrected chi connectivity index (χ0v) is 17.7. The van der Waals surface area contributed by atoms with E-state index in [4.69, 9.17) is 0 Å². The van der Waals surface area contributed by atoms with Crippen LogP contribution in [-0.4, -0.2) is 45.3 Å². The van der Waals surface area contributed by atoms with Crippen molar-refractivity contribution in [3.63, 3.8) is 0 Å². The molecule has 1 aliphatic carbocycles. The summed E-state index contributed by atoms with van der Waals surface area (Å²) in [5, 5.41) is 11.5. The van der Waals surface area contributed by atoms with Crippen LogP contribution in [0.15, 0.2) is 58.1 Å². The zero-order chi connectivity index (χ0) is 21.4. The molecule has 2 atom stereocenters. The van der Waals surface area contributed by atoms with E-state index in [1.54, 1.807) is 10.6 Å². The van der Waals surface area contributed by atoms with Gasteiger partial charge in [-0.2, -0.15) is 0 Å². The molecule has 2 aromatic carbocycles. The van der Waals surface area contributed by atoms with Gasteiger partial charge in [0.25, 0.3) is 5.56 Å². The molecule has 31 heavy (non-hydrogen) atoms. The van der Waals surface area contributed by atoms with E-state index >= 15 is 0 Å². The molecule has 1 fully saturated rings. The summed E-state index contributed by atoms with van der Waals surface area (Å²) in [7, 11) is 0. The number of aromatic amines is 1. The van der Waals surface area contributed by atoms with E-state index in [2.05, 4.69) is 34.1 Å². The topological polar surface area (TPSA) is 78.3 Å². The van der Waals surface area contributed by atoms with E-state index in [1.165, 1.54) is 11.1 Å². The highest BCUT2D eigenvalue weighted by atomic mass is 16.3. The zero-order valence-electron chi connectivity index (χ0n) is 17.7. The predicted molar refractivity (Wildman–Crippen MR) is 122 cm³/mol. The predicted octanol–water partition coefficient (Wildman–Crippen LogP) is 2.49. The van der Waals surface area contributed by atoms with Crippen LogP contribution in [0, 0.1) is 5.92 Å². The number of hydrogen-bond donors (Lipinski definition) is 2. The molecule has 0 bridgehead atoms. The average Bonchev–Trinajstić information content (AvgIpc) is 2.80. The molecule has 0 spiro atoms. The largest absolute Gasteiger partial charge is 0.391 e. The number of aliphatic hydroxyl groups excluding tert-OH is 1. The Labute approximate surface area is 181 Å². The van der Waals surface area contributed by atoms with Crippen LogP contribution in [0.3, 0.4) is 0 Å². The number of rotatable bonds is 4. The fourth-order valence-electron chi connectivity index (χ4n) is 5.40. The quantitative estimate of drug-likeness (QED) is 0.681. The second-order valence-corrected chi connectivity index (χ2v) is 9.02. The molecule has 6 heteroatoms. The van der Waals surface area contributed by atoms with Gasteiger partial charge in [0, 0.05) is 25.7 Å². The molecule has 1 saturated heterocycles. The Morgan fingerprint density at radius 2 is 1.68 bits per heavy atom. The summed E-state index contributed by atoms with van der Waals surface area (Å²) in [6, 6.07) is 15.9. The highest BCUT2D eigenvalue weighted by molar-refractivity contribution is 5.77. The van der Waals surface area contributed by atoms with Gasteiger partial charge in [-0.25, -0.2) is 4.79 Å². The number of nitrogens with one attached hydrogen (secondary N) is 1. The van der Waals surface area contributed by atoms with E-state index in [0.717, 1.165) is 45.2 Å². The fourth-order valence-corrected chi connectivity index (χ4v) is 5.40. The van der Waals surface area contributed by atoms with Crippen molar-refractivity contribution < 1.29 is 5.11 Å². The second-order valence-electron chi connectivity index (χ2n) is 9.02. The SMILES string of the molecule is O=c1[nH]c(=O)n(C2CCN(C[C@@H](O)[C@H]3CCc4ccccc4C3)CC2)c2ccccc12. The highest BCUT2D eigenvalue weighted by Crippen LogP contribution is 2.29. The van der Waals surface area contributed by atoms with Crippen molar-refractivity contribution >= 4 is 10.9 Å². The Bertz CT molecular complexity index is 1190. The molecule has 0 amide bonds. The number of nitrogens with zero attached hydrogens (tertiary/aromatic N) is 2. The molecule has 1 aliphatic heterocycles. The van der Waals surface area contributed by atoms with Crippen molar-refractivity contribution in [1.29, 1.82) is 0 Å². The molecule has 5 rings (SSSR count). The Morgan fingerprint density at radius 1 is 0.968 bits per heavy atom. The minimum Gasteiger partial charge on any atom is -0.391 e. The molecule has 0 unspecified atom stereocenters. The molecule has 0 saturated carbocycles. The van der Waals surface area contributed by atoms with Gasteiger partial charge in [0.15, 0.2) is 0 Å². The lowest BCUT2D eigenvalue weighted by Crippen LogP contribution is -2.44. The smallest absolute Gasteiger partial charge is 0.329 e. The number of aliphatic hydroxyl groups is 1. The molecule has 1 aromatic heterocycles. The third-order valence-electron chi connectivity index (χ3n) is 7.14. The molecule has 2 heterocycles. The van der Waals surface area contributed by atoms with Crippen molar-refractivity contribution in [1.82, 2.24) is 14.5 Å². The van der Waals surface area contributed by atoms with Crippen molar-refractivity contribution in [3.05, 3.63) is 80.5 Å². The van der Waals surface area contributed by atoms with E-state index in [1.807, 2.05) is 18.2 Å². The standard InChI is InChI=1S/C25H29N3O3/c29-23(19-10-9-17-5-1-2-6-18(17)15-19)16-27-13-11-20(12-14-27)28-22-8-4-3-7-21(22)24(30)26-25(28)31/h1-8,19-20,23,29H,9-16H2,(H,26,30,31)/t19-,23+/m0/s1. The minimum absolute atomic E-state index is 0.0594. The lowest BCUT2D eigenvalue weighted by molar-refractivity contribution is 0.0455. The van der Waals surface area contributed by atoms with Crippen molar-refractivity contribution in [2.75, 3.05) is 19.6 Å². The Morgan fingerprint density at radius 3 is 2.48 bits per heavy atom. The van der Waals surface area contributed by atoms with Crippen LogP contribution < -0.4 is 11.2 Å². The van der Waals surface area contributed by atoms with Crippen LogP contribution in [0.5, 0.6) is 0 Å². The van der Waals surface area contributed by atoms with Crippen LogP contribution in [0.2, 0.25) is 0 Å². The number of para-hydroxylation sites is 1. The Balaban J connectivity index is 1.24. The van der Waals surface area contributed by atoms with E-state index in [9.17, 15) is 14.7 Å². The first-order valence-corrected chi connectivity index (χ1v) is 11.3. The monoisotopic (exact) mass is 419 g/mol. The van der Waals surface area contributed by atoms with Gasteiger partial charge in [0.1, 0.15) is 0 Å². The lowest BCUT2D eigenvalue weighted by Gasteiger charge is -2.36. The molecule has 2 aliphatic rings. The summed E-state index contributed by atoms with van der Waals surface area (Å²) >= 11 is 0. The first-order chi connectivity index (χ1) is 15.1. The summed E-state index contributed by atoms with van der Waals surface area (Å²) in [6.07, 6.45) is 4.36. The lowest BCUT2D eigenvalue weighted by atomic mass is 9.81. The first-order valence-electron chi connectivity index (χ1n) is 11.3. The number of hydrogen-bond acceptors (Lipinski definition) is 4. The molecule has 6 nitrogen and oxygen atoms in total. The highest BCUT2D eigenvalue weighted by Gasteiger charge is 2.29. The number of benzene rings is 2. The molecule has 3 aromatic rings. The molecule has 2 N–H and O–H groups in total. The summed E-state index contributed by atoms with van der Waals surface area (Å²) in [5.41, 5.74) is 2.84. The van der Waals surface area contributed by atoms with Gasteiger partial charge in [-0.15, -0.1) is 0 Å². The number of aryl methyl sites for hydroxylation is 1. The van der Waals surface area contributed by atoms with Gasteiger partial charge in [-0.05, 0) is 61.3 Å². The summed E-state index contributed by atoms with van der Waals surface area (Å²) < 4.78 is 1.75. The van der Waals surface area contributed by atoms with Crippen LogP contribution in [0.4, 0.5) is 0 Å². The maximum Gasteiger partial charge on any atom is 0.329 e. The van der Waals surface area contributed by atoms with Crippen molar-refractivity contribution in [2.45, 2.75) is 44.2 Å². The third-order valence-corrected chi connectivity index (χ3v) is 7.14. The van der Waals surface area contributed by atoms with Gasteiger partial charge in [0.2, 0.25) is 0 Å². The average molecular weight is 420 g/mol. The number of β-amino-alcohol motifs (C(OH)–C–C–N with tert-alkyl or cyclic N) is 1. The van der Waals surface area contributed by atoms with Crippen LogP contribution >= 0.6 is 0 Å². The molecular formula is C25H29N3O3. The summed E-state index contributed by atoms with van der Waals surface area (Å²) in [5.74, 6) is 0.304. The number of likely N-dealkylation sites (tertiary alicyclic amines) is 1. The van der Waals surface area contributed by atoms with E-state index in [-0.39, 0.29) is 23.4 Å². The summed E-state index contributed by atoms with van der Waals surface area (Å²) in [6.45, 7) is 2.36. The van der Waals surface area contributed by atoms with Crippen molar-refractivity contribution in [3.8, 4) is 0 Å². The molecule has 0 radical (unpaired) electrons. The second kappa shape index (κ2) is 8.44. The van der Waals surface area contributed by atoms with Crippen molar-refractivity contribution in [2.24, 2.45) is 5.92 Å². The Hall–Kier alpha value is -2.70. The normalized spacial score (nSPS) is 21.1. The fraction of sp³-hybridized carbons (Fsp3) is 0.440. The van der Waals surface area contributed by atoms with Crippen LogP contribution in [0.25, 0.3) is 10.9 Å². The number of fused-ring (bicyclic) bond motifs is 2. The van der Waals surface area contributed by atoms with Crippen LogP contribution in [0.1, 0.15) is 36.4 Å². The Kier molecular flexibility index (Phi) is 5.50. The number of piperidine rings is 1. The van der Waals surface area contributed by atoms with Gasteiger partial charge in [0.05, 0.1) is 17.0 Å². The molecular weight excluding hydrogens is 390 g/mol. The van der Waals surface area contributed by atoms with E-state index in [0.29, 0.717) is 23.4 Å². The van der Waals surface area contributed by atoms with Gasteiger partial charge < -0.3 is 10.0 Å². The third kappa shape index (κ3) is 3.98. The van der Waals surface area contributed by atoms with Gasteiger partial charge in [-0.3, -0.25) is 14.3 Å². The minimum atomic E-state index is -0.332. The maximum absolute atomic E-state index is 12.6. The first kappa shape index (κ1) is 20.2. The number of H-pyrrole nitrogens is 1. The summed E-state index contributed by atoms with van der Waals surface area (Å²) in [4.78, 5) is 29.5. The maximum atomic E-state index is 12.6. The van der Waals surface area contributed by atoms with E-state index < -0.39 is 0 Å². The van der Waals surface area contributed by atoms with Crippen LogP contribution in [-0.2, 0) is 12.8 Å². The van der Waals surface area contributed by atoms with Gasteiger partial charge in [-0.1, -0.05) is 36.4 Å². The number of aromatic nitrogens is 2.